The largest absolute Gasteiger partial charge is 0.445 e. The zero-order chi connectivity index (χ0) is 18.8. The van der Waals surface area contributed by atoms with Crippen LogP contribution in [0.1, 0.15) is 39.8 Å². The fourth-order valence-electron chi connectivity index (χ4n) is 1.86. The maximum Gasteiger partial charge on any atom is 0.445 e. The molecular weight excluding hydrogens is 377 g/mol. The van der Waals surface area contributed by atoms with Gasteiger partial charge in [-0.25, -0.2) is 8.42 Å². The van der Waals surface area contributed by atoms with E-state index in [9.17, 15) is 26.4 Å². The van der Waals surface area contributed by atoms with Gasteiger partial charge in [0, 0.05) is 5.56 Å². The van der Waals surface area contributed by atoms with Crippen LogP contribution in [0.25, 0.3) is 0 Å². The molecule has 1 heterocycles. The van der Waals surface area contributed by atoms with Crippen LogP contribution >= 0.6 is 11.3 Å². The van der Waals surface area contributed by atoms with Gasteiger partial charge in [-0.1, -0.05) is 35.6 Å². The molecule has 0 unspecified atom stereocenters. The van der Waals surface area contributed by atoms with Crippen LogP contribution in [0.5, 0.6) is 0 Å². The number of benzene rings is 1. The summed E-state index contributed by atoms with van der Waals surface area (Å²) in [5.74, 6) is -0.548. The second-order valence-corrected chi connectivity index (χ2v) is 9.27. The quantitative estimate of drug-likeness (QED) is 0.705. The number of aromatic nitrogens is 2. The summed E-state index contributed by atoms with van der Waals surface area (Å²) >= 11 is 0.330. The Hall–Kier alpha value is -1.81. The Morgan fingerprint density at radius 1 is 1.16 bits per heavy atom. The number of halogens is 3. The normalized spacial score (nSPS) is 12.6. The van der Waals surface area contributed by atoms with E-state index in [1.165, 1.54) is 24.3 Å². The Morgan fingerprint density at radius 3 is 2.24 bits per heavy atom. The first-order valence-corrected chi connectivity index (χ1v) is 9.75. The summed E-state index contributed by atoms with van der Waals surface area (Å²) in [6, 6.07) is 5.96. The summed E-state index contributed by atoms with van der Waals surface area (Å²) in [6.07, 6.45) is -4.88. The molecule has 0 aliphatic heterocycles. The highest BCUT2D eigenvalue weighted by Crippen LogP contribution is 2.31. The molecule has 0 aliphatic carbocycles. The topological polar surface area (TPSA) is 77.0 Å². The predicted molar refractivity (Wildman–Crippen MR) is 87.1 cm³/mol. The van der Waals surface area contributed by atoms with Crippen LogP contribution in [0.2, 0.25) is 0 Å². The van der Waals surface area contributed by atoms with Gasteiger partial charge in [0.2, 0.25) is 5.01 Å². The summed E-state index contributed by atoms with van der Waals surface area (Å²) in [6.45, 7) is 3.18. The van der Waals surface area contributed by atoms with Crippen molar-refractivity contribution in [3.8, 4) is 0 Å². The molecule has 0 aliphatic rings. The molecule has 0 radical (unpaired) electrons. The lowest BCUT2D eigenvalue weighted by Crippen LogP contribution is -2.16. The third-order valence-electron chi connectivity index (χ3n) is 3.38. The highest BCUT2D eigenvalue weighted by atomic mass is 32.2. The van der Waals surface area contributed by atoms with Gasteiger partial charge in [-0.2, -0.15) is 13.2 Å². The molecule has 1 aromatic heterocycles. The minimum absolute atomic E-state index is 0.0243. The highest BCUT2D eigenvalue weighted by Gasteiger charge is 2.35. The van der Waals surface area contributed by atoms with Crippen LogP contribution in [-0.2, 0) is 28.2 Å². The van der Waals surface area contributed by atoms with Crippen LogP contribution < -0.4 is 0 Å². The molecule has 0 fully saturated rings. The molecule has 1 aromatic carbocycles. The molecule has 0 bridgehead atoms. The average molecular weight is 392 g/mol. The lowest BCUT2D eigenvalue weighted by atomic mass is 10.1. The van der Waals surface area contributed by atoms with Crippen molar-refractivity contribution in [2.45, 2.75) is 37.4 Å². The van der Waals surface area contributed by atoms with Crippen molar-refractivity contribution < 1.29 is 26.4 Å². The van der Waals surface area contributed by atoms with E-state index in [1.807, 2.05) is 0 Å². The standard InChI is InChI=1S/C15H15F3N2O3S2/c1-9(2)25(22,23)8-10-3-5-11(6-4-10)12(21)7-13-19-20-14(24-13)15(16,17)18/h3-6,9H,7-8H2,1-2H3. The molecule has 0 saturated heterocycles. The number of hydrogen-bond acceptors (Lipinski definition) is 6. The van der Waals surface area contributed by atoms with Crippen molar-refractivity contribution in [3.63, 3.8) is 0 Å². The first kappa shape index (κ1) is 19.5. The fourth-order valence-corrected chi connectivity index (χ4v) is 3.56. The van der Waals surface area contributed by atoms with Crippen molar-refractivity contribution >= 4 is 27.0 Å². The third-order valence-corrected chi connectivity index (χ3v) is 6.52. The Labute approximate surface area is 146 Å². The molecule has 2 aromatic rings. The monoisotopic (exact) mass is 392 g/mol. The average Bonchev–Trinajstić information content (AvgIpc) is 2.96. The number of sulfone groups is 1. The summed E-state index contributed by atoms with van der Waals surface area (Å²) in [5.41, 5.74) is 0.815. The molecule has 0 spiro atoms. The van der Waals surface area contributed by atoms with E-state index in [2.05, 4.69) is 10.2 Å². The van der Waals surface area contributed by atoms with Gasteiger partial charge < -0.3 is 0 Å². The van der Waals surface area contributed by atoms with Crippen LogP contribution in [0.4, 0.5) is 13.2 Å². The van der Waals surface area contributed by atoms with Crippen LogP contribution in [0, 0.1) is 0 Å². The van der Waals surface area contributed by atoms with E-state index in [0.29, 0.717) is 16.9 Å². The minimum atomic E-state index is -4.58. The van der Waals surface area contributed by atoms with E-state index in [-0.39, 0.29) is 22.7 Å². The molecule has 0 N–H and O–H groups in total. The molecule has 10 heteroatoms. The van der Waals surface area contributed by atoms with Crippen LogP contribution in [0.3, 0.4) is 0 Å². The van der Waals surface area contributed by atoms with E-state index in [1.54, 1.807) is 13.8 Å². The molecule has 0 atom stereocenters. The van der Waals surface area contributed by atoms with Gasteiger partial charge in [0.15, 0.2) is 15.6 Å². The zero-order valence-corrected chi connectivity index (χ0v) is 15.0. The van der Waals surface area contributed by atoms with Gasteiger partial charge in [0.25, 0.3) is 0 Å². The molecule has 5 nitrogen and oxygen atoms in total. The number of nitrogens with zero attached hydrogens (tertiary/aromatic N) is 2. The van der Waals surface area contributed by atoms with Gasteiger partial charge >= 0.3 is 6.18 Å². The number of carbonyl (C=O) groups is 1. The number of hydrogen-bond donors (Lipinski definition) is 0. The molecular formula is C15H15F3N2O3S2. The molecule has 136 valence electrons. The Bertz CT molecular complexity index is 857. The predicted octanol–water partition coefficient (Wildman–Crippen LogP) is 3.31. The molecule has 0 saturated carbocycles. The lowest BCUT2D eigenvalue weighted by Gasteiger charge is -2.08. The second kappa shape index (κ2) is 7.20. The van der Waals surface area contributed by atoms with Gasteiger partial charge in [-0.3, -0.25) is 4.79 Å². The van der Waals surface area contributed by atoms with Crippen LogP contribution in [0.15, 0.2) is 24.3 Å². The Morgan fingerprint density at radius 2 is 1.76 bits per heavy atom. The van der Waals surface area contributed by atoms with Crippen molar-refractivity contribution in [3.05, 3.63) is 45.4 Å². The maximum atomic E-state index is 12.5. The highest BCUT2D eigenvalue weighted by molar-refractivity contribution is 7.91. The lowest BCUT2D eigenvalue weighted by molar-refractivity contribution is -0.138. The summed E-state index contributed by atoms with van der Waals surface area (Å²) in [4.78, 5) is 12.1. The van der Waals surface area contributed by atoms with Crippen molar-refractivity contribution in [2.24, 2.45) is 0 Å². The van der Waals surface area contributed by atoms with Gasteiger partial charge in [-0.15, -0.1) is 10.2 Å². The fraction of sp³-hybridized carbons (Fsp3) is 0.400. The molecule has 0 amide bonds. The van der Waals surface area contributed by atoms with Crippen LogP contribution in [-0.4, -0.2) is 29.6 Å². The Balaban J connectivity index is 2.07. The first-order chi connectivity index (χ1) is 11.5. The number of ketones is 1. The minimum Gasteiger partial charge on any atom is -0.294 e. The van der Waals surface area contributed by atoms with Crippen molar-refractivity contribution in [2.75, 3.05) is 0 Å². The number of carbonyl (C=O) groups excluding carboxylic acids is 1. The number of Topliss-reactive ketones (excluding diaryl/α,β-unsaturated/α-hetero) is 1. The molecule has 25 heavy (non-hydrogen) atoms. The van der Waals surface area contributed by atoms with E-state index < -0.39 is 32.1 Å². The van der Waals surface area contributed by atoms with E-state index in [0.717, 1.165) is 0 Å². The summed E-state index contributed by atoms with van der Waals surface area (Å²) in [5, 5.41) is 4.79. The van der Waals surface area contributed by atoms with Gasteiger partial charge in [0.1, 0.15) is 5.01 Å². The van der Waals surface area contributed by atoms with Crippen molar-refractivity contribution in [1.82, 2.24) is 10.2 Å². The smallest absolute Gasteiger partial charge is 0.294 e. The SMILES string of the molecule is CC(C)S(=O)(=O)Cc1ccc(C(=O)Cc2nnc(C(F)(F)F)s2)cc1. The van der Waals surface area contributed by atoms with E-state index >= 15 is 0 Å². The first-order valence-electron chi connectivity index (χ1n) is 7.22. The number of alkyl halides is 3. The summed E-state index contributed by atoms with van der Waals surface area (Å²) in [7, 11) is -3.25. The number of rotatable bonds is 6. The Kier molecular flexibility index (Phi) is 5.62. The van der Waals surface area contributed by atoms with Gasteiger partial charge in [-0.05, 0) is 19.4 Å². The second-order valence-electron chi connectivity index (χ2n) is 5.65. The molecule has 2 rings (SSSR count). The zero-order valence-electron chi connectivity index (χ0n) is 13.4. The maximum absolute atomic E-state index is 12.5. The third kappa shape index (κ3) is 5.08. The summed E-state index contributed by atoms with van der Waals surface area (Å²) < 4.78 is 61.2. The van der Waals surface area contributed by atoms with E-state index in [4.69, 9.17) is 0 Å². The van der Waals surface area contributed by atoms with Gasteiger partial charge in [0.05, 0.1) is 17.4 Å². The van der Waals surface area contributed by atoms with Crippen molar-refractivity contribution in [1.29, 1.82) is 0 Å².